The van der Waals surface area contributed by atoms with E-state index in [-0.39, 0.29) is 17.0 Å². The molecule has 1 atom stereocenters. The first-order chi connectivity index (χ1) is 10.2. The largest absolute Gasteiger partial charge is 1.00 e. The van der Waals surface area contributed by atoms with Crippen LogP contribution in [-0.2, 0) is 0 Å². The summed E-state index contributed by atoms with van der Waals surface area (Å²) < 4.78 is 1.38. The topological polar surface area (TPSA) is 0 Å². The van der Waals surface area contributed by atoms with E-state index >= 15 is 0 Å². The van der Waals surface area contributed by atoms with Crippen LogP contribution in [-0.4, -0.2) is 36.5 Å². The number of quaternary nitrogens is 1. The third-order valence-electron chi connectivity index (χ3n) is 4.72. The molecule has 0 aromatic rings. The van der Waals surface area contributed by atoms with Crippen molar-refractivity contribution < 1.29 is 21.5 Å². The van der Waals surface area contributed by atoms with E-state index < -0.39 is 0 Å². The summed E-state index contributed by atoms with van der Waals surface area (Å²) in [7, 11) is 0. The van der Waals surface area contributed by atoms with Gasteiger partial charge in [0.2, 0.25) is 0 Å². The summed E-state index contributed by atoms with van der Waals surface area (Å²) in [6.07, 6.45) is 15.0. The first kappa shape index (κ1) is 25.0. The third-order valence-corrected chi connectivity index (χ3v) is 4.99. The Bertz CT molecular complexity index is 202. The maximum Gasteiger partial charge on any atom is 0.0787 e. The highest BCUT2D eigenvalue weighted by Gasteiger charge is 2.25. The maximum absolute atomic E-state index is 5.90. The smallest absolute Gasteiger partial charge is 0.0787 e. The lowest BCUT2D eigenvalue weighted by molar-refractivity contribution is -0.929. The molecule has 0 bridgehead atoms. The van der Waals surface area contributed by atoms with Gasteiger partial charge in [0, 0.05) is 5.88 Å². The van der Waals surface area contributed by atoms with Crippen molar-refractivity contribution in [2.24, 2.45) is 0 Å². The molecular formula is C19H41BrClN. The SMILES string of the molecule is CCCCCC[N+](CCCC)(CCCCC)CCCCCl.[Br-]. The summed E-state index contributed by atoms with van der Waals surface area (Å²) >= 11 is 5.90. The Kier molecular flexibility index (Phi) is 20.5. The van der Waals surface area contributed by atoms with E-state index in [0.29, 0.717) is 0 Å². The molecule has 0 spiro atoms. The standard InChI is InChI=1S/C19H41ClN.BrH/c1-4-7-10-13-18-21(16-9-6-3,17-12-8-5-2)19-14-11-15-20;/h4-19H2,1-3H3;1H/q+1;/p-1. The van der Waals surface area contributed by atoms with Gasteiger partial charge in [-0.1, -0.05) is 46.5 Å². The summed E-state index contributed by atoms with van der Waals surface area (Å²) in [5.41, 5.74) is 0. The normalized spacial score (nSPS) is 13.6. The fourth-order valence-electron chi connectivity index (χ4n) is 3.28. The predicted molar refractivity (Wildman–Crippen MR) is 98.3 cm³/mol. The number of nitrogens with zero attached hydrogens (tertiary/aromatic N) is 1. The van der Waals surface area contributed by atoms with Crippen molar-refractivity contribution in [2.75, 3.05) is 32.1 Å². The molecule has 0 N–H and O–H groups in total. The van der Waals surface area contributed by atoms with Gasteiger partial charge in [-0.25, -0.2) is 0 Å². The Morgan fingerprint density at radius 3 is 1.45 bits per heavy atom. The van der Waals surface area contributed by atoms with Crippen LogP contribution in [0.15, 0.2) is 0 Å². The van der Waals surface area contributed by atoms with Crippen LogP contribution in [0.5, 0.6) is 0 Å². The van der Waals surface area contributed by atoms with Gasteiger partial charge in [0.05, 0.1) is 26.2 Å². The number of halogens is 2. The molecule has 0 aliphatic rings. The molecule has 0 aromatic heterocycles. The number of unbranched alkanes of at least 4 members (excludes halogenated alkanes) is 7. The molecule has 1 unspecified atom stereocenters. The average molecular weight is 399 g/mol. The summed E-state index contributed by atoms with van der Waals surface area (Å²) in [5, 5.41) is 0. The summed E-state index contributed by atoms with van der Waals surface area (Å²) in [4.78, 5) is 0. The van der Waals surface area contributed by atoms with Crippen LogP contribution in [0.25, 0.3) is 0 Å². The molecule has 3 heteroatoms. The Morgan fingerprint density at radius 2 is 0.955 bits per heavy atom. The van der Waals surface area contributed by atoms with Crippen molar-refractivity contribution in [1.82, 2.24) is 0 Å². The fourth-order valence-corrected chi connectivity index (χ4v) is 3.47. The Morgan fingerprint density at radius 1 is 0.545 bits per heavy atom. The van der Waals surface area contributed by atoms with Gasteiger partial charge in [-0.2, -0.15) is 0 Å². The van der Waals surface area contributed by atoms with E-state index in [1.165, 1.54) is 101 Å². The van der Waals surface area contributed by atoms with Crippen molar-refractivity contribution in [3.63, 3.8) is 0 Å². The molecule has 0 aliphatic heterocycles. The molecule has 0 aromatic carbocycles. The number of alkyl halides is 1. The molecule has 0 amide bonds. The van der Waals surface area contributed by atoms with Gasteiger partial charge in [-0.15, -0.1) is 11.6 Å². The van der Waals surface area contributed by atoms with Crippen LogP contribution in [0, 0.1) is 0 Å². The number of rotatable bonds is 16. The molecule has 1 nitrogen and oxygen atoms in total. The van der Waals surface area contributed by atoms with E-state index in [0.717, 1.165) is 5.88 Å². The van der Waals surface area contributed by atoms with Crippen molar-refractivity contribution in [3.8, 4) is 0 Å². The average Bonchev–Trinajstić information content (AvgIpc) is 2.50. The quantitative estimate of drug-likeness (QED) is 0.212. The van der Waals surface area contributed by atoms with Crippen LogP contribution in [0.3, 0.4) is 0 Å². The maximum atomic E-state index is 5.90. The lowest BCUT2D eigenvalue weighted by Crippen LogP contribution is -3.00. The fraction of sp³-hybridized carbons (Fsp3) is 1.00. The zero-order chi connectivity index (χ0) is 15.8. The van der Waals surface area contributed by atoms with Crippen molar-refractivity contribution in [3.05, 3.63) is 0 Å². The van der Waals surface area contributed by atoms with E-state index in [9.17, 15) is 0 Å². The van der Waals surface area contributed by atoms with Crippen LogP contribution < -0.4 is 17.0 Å². The molecule has 0 radical (unpaired) electrons. The molecule has 0 saturated heterocycles. The summed E-state index contributed by atoms with van der Waals surface area (Å²) in [5.74, 6) is 0.832. The minimum atomic E-state index is 0. The van der Waals surface area contributed by atoms with Crippen molar-refractivity contribution in [2.45, 2.75) is 91.4 Å². The first-order valence-corrected chi connectivity index (χ1v) is 10.2. The minimum absolute atomic E-state index is 0. The zero-order valence-corrected chi connectivity index (χ0v) is 17.9. The van der Waals surface area contributed by atoms with Crippen LogP contribution in [0.2, 0.25) is 0 Å². The highest BCUT2D eigenvalue weighted by atomic mass is 79.9. The van der Waals surface area contributed by atoms with Crippen LogP contribution in [0.4, 0.5) is 0 Å². The van der Waals surface area contributed by atoms with E-state index in [1.54, 1.807) is 0 Å². The summed E-state index contributed by atoms with van der Waals surface area (Å²) in [6, 6.07) is 0. The first-order valence-electron chi connectivity index (χ1n) is 9.65. The van der Waals surface area contributed by atoms with E-state index in [4.69, 9.17) is 11.6 Å². The number of hydrogen-bond acceptors (Lipinski definition) is 0. The molecule has 0 rings (SSSR count). The molecular weight excluding hydrogens is 358 g/mol. The van der Waals surface area contributed by atoms with Crippen LogP contribution >= 0.6 is 11.6 Å². The molecule has 0 heterocycles. The Balaban J connectivity index is 0. The van der Waals surface area contributed by atoms with Gasteiger partial charge in [-0.05, 0) is 44.9 Å². The Hall–Kier alpha value is 0.730. The van der Waals surface area contributed by atoms with E-state index in [1.807, 2.05) is 0 Å². The third kappa shape index (κ3) is 13.2. The predicted octanol–water partition coefficient (Wildman–Crippen LogP) is 3.40. The second kappa shape index (κ2) is 18.1. The van der Waals surface area contributed by atoms with Gasteiger partial charge in [0.1, 0.15) is 0 Å². The highest BCUT2D eigenvalue weighted by molar-refractivity contribution is 6.17. The second-order valence-corrected chi connectivity index (χ2v) is 7.13. The van der Waals surface area contributed by atoms with Gasteiger partial charge < -0.3 is 21.5 Å². The molecule has 136 valence electrons. The summed E-state index contributed by atoms with van der Waals surface area (Å²) in [6.45, 7) is 12.5. The van der Waals surface area contributed by atoms with Gasteiger partial charge in [0.25, 0.3) is 0 Å². The molecule has 22 heavy (non-hydrogen) atoms. The van der Waals surface area contributed by atoms with Crippen LogP contribution in [0.1, 0.15) is 91.4 Å². The van der Waals surface area contributed by atoms with Gasteiger partial charge in [0.15, 0.2) is 0 Å². The highest BCUT2D eigenvalue weighted by Crippen LogP contribution is 2.18. The van der Waals surface area contributed by atoms with Gasteiger partial charge in [-0.3, -0.25) is 0 Å². The lowest BCUT2D eigenvalue weighted by Gasteiger charge is -2.39. The lowest BCUT2D eigenvalue weighted by atomic mass is 10.1. The number of hydrogen-bond donors (Lipinski definition) is 0. The van der Waals surface area contributed by atoms with E-state index in [2.05, 4.69) is 20.8 Å². The van der Waals surface area contributed by atoms with Crippen molar-refractivity contribution in [1.29, 1.82) is 0 Å². The molecule has 0 fully saturated rings. The zero-order valence-electron chi connectivity index (χ0n) is 15.5. The van der Waals surface area contributed by atoms with Gasteiger partial charge >= 0.3 is 0 Å². The molecule has 0 saturated carbocycles. The minimum Gasteiger partial charge on any atom is -1.00 e. The monoisotopic (exact) mass is 397 g/mol. The second-order valence-electron chi connectivity index (χ2n) is 6.75. The Labute approximate surface area is 156 Å². The van der Waals surface area contributed by atoms with Crippen molar-refractivity contribution >= 4 is 11.6 Å². The molecule has 0 aliphatic carbocycles.